The molecule has 0 saturated carbocycles. The van der Waals surface area contributed by atoms with E-state index in [1.807, 2.05) is 59.3 Å². The standard InChI is InChI=1S/C21H18N4O2S/c1-14-3-5-16(6-4-14)20(26)24-22-13-18-19(23-21-25(18)11-12-28-21)15-7-9-17(27-2)10-8-15/h3-13H,1-2H3,(H,24,26)/b22-13+. The lowest BCUT2D eigenvalue weighted by Crippen LogP contribution is -2.17. The molecule has 0 unspecified atom stereocenters. The van der Waals surface area contributed by atoms with Crippen molar-refractivity contribution >= 4 is 28.4 Å². The van der Waals surface area contributed by atoms with Crippen LogP contribution >= 0.6 is 11.3 Å². The fourth-order valence-electron chi connectivity index (χ4n) is 2.81. The maximum absolute atomic E-state index is 12.3. The third-order valence-electron chi connectivity index (χ3n) is 4.33. The molecule has 2 aromatic carbocycles. The zero-order valence-corrected chi connectivity index (χ0v) is 16.2. The summed E-state index contributed by atoms with van der Waals surface area (Å²) in [5.41, 5.74) is 6.78. The number of methoxy groups -OCH3 is 1. The lowest BCUT2D eigenvalue weighted by atomic mass is 10.1. The van der Waals surface area contributed by atoms with Crippen molar-refractivity contribution in [3.63, 3.8) is 0 Å². The summed E-state index contributed by atoms with van der Waals surface area (Å²) in [6, 6.07) is 15.0. The van der Waals surface area contributed by atoms with Gasteiger partial charge in [-0.15, -0.1) is 11.3 Å². The Hall–Kier alpha value is -3.45. The highest BCUT2D eigenvalue weighted by Gasteiger charge is 2.14. The normalized spacial score (nSPS) is 11.2. The van der Waals surface area contributed by atoms with Gasteiger partial charge in [0.05, 0.1) is 24.7 Å². The monoisotopic (exact) mass is 390 g/mol. The van der Waals surface area contributed by atoms with E-state index in [-0.39, 0.29) is 5.91 Å². The smallest absolute Gasteiger partial charge is 0.271 e. The van der Waals surface area contributed by atoms with Gasteiger partial charge in [0, 0.05) is 22.7 Å². The van der Waals surface area contributed by atoms with E-state index in [1.54, 1.807) is 36.8 Å². The van der Waals surface area contributed by atoms with E-state index >= 15 is 0 Å². The van der Waals surface area contributed by atoms with E-state index in [4.69, 9.17) is 9.72 Å². The second kappa shape index (κ2) is 7.66. The minimum atomic E-state index is -0.256. The molecule has 4 aromatic rings. The van der Waals surface area contributed by atoms with E-state index in [0.29, 0.717) is 5.56 Å². The second-order valence-electron chi connectivity index (χ2n) is 6.19. The summed E-state index contributed by atoms with van der Waals surface area (Å²) >= 11 is 1.54. The quantitative estimate of drug-likeness (QED) is 0.411. The number of thiazole rings is 1. The van der Waals surface area contributed by atoms with Crippen molar-refractivity contribution in [2.24, 2.45) is 5.10 Å². The Kier molecular flexibility index (Phi) is 4.90. The van der Waals surface area contributed by atoms with Crippen molar-refractivity contribution < 1.29 is 9.53 Å². The summed E-state index contributed by atoms with van der Waals surface area (Å²) in [6.07, 6.45) is 3.56. The molecule has 0 spiro atoms. The fourth-order valence-corrected chi connectivity index (χ4v) is 3.53. The minimum absolute atomic E-state index is 0.256. The van der Waals surface area contributed by atoms with Gasteiger partial charge in [0.1, 0.15) is 5.75 Å². The molecular weight excluding hydrogens is 372 g/mol. The van der Waals surface area contributed by atoms with Crippen LogP contribution in [0.25, 0.3) is 16.2 Å². The summed E-state index contributed by atoms with van der Waals surface area (Å²) in [5.74, 6) is 0.527. The van der Waals surface area contributed by atoms with Crippen molar-refractivity contribution in [3.05, 3.63) is 76.9 Å². The van der Waals surface area contributed by atoms with E-state index in [9.17, 15) is 4.79 Å². The first-order valence-electron chi connectivity index (χ1n) is 8.66. The molecule has 0 fully saturated rings. The van der Waals surface area contributed by atoms with E-state index < -0.39 is 0 Å². The molecule has 0 saturated heterocycles. The third kappa shape index (κ3) is 3.52. The second-order valence-corrected chi connectivity index (χ2v) is 7.07. The lowest BCUT2D eigenvalue weighted by molar-refractivity contribution is 0.0955. The Morgan fingerprint density at radius 1 is 1.18 bits per heavy atom. The average molecular weight is 390 g/mol. The number of hydrazone groups is 1. The molecule has 0 radical (unpaired) electrons. The molecule has 0 atom stereocenters. The maximum Gasteiger partial charge on any atom is 0.271 e. The van der Waals surface area contributed by atoms with Gasteiger partial charge in [-0.05, 0) is 43.3 Å². The van der Waals surface area contributed by atoms with Crippen LogP contribution in [-0.2, 0) is 0 Å². The van der Waals surface area contributed by atoms with Crippen molar-refractivity contribution in [2.75, 3.05) is 7.11 Å². The summed E-state index contributed by atoms with van der Waals surface area (Å²) < 4.78 is 7.17. The Labute approximate surface area is 166 Å². The molecule has 1 N–H and O–H groups in total. The van der Waals surface area contributed by atoms with Crippen LogP contribution < -0.4 is 10.2 Å². The number of nitrogens with zero attached hydrogens (tertiary/aromatic N) is 3. The first kappa shape index (κ1) is 17.9. The summed E-state index contributed by atoms with van der Waals surface area (Å²) in [4.78, 5) is 17.8. The number of fused-ring (bicyclic) bond motifs is 1. The number of imidazole rings is 1. The highest BCUT2D eigenvalue weighted by atomic mass is 32.1. The van der Waals surface area contributed by atoms with Crippen LogP contribution in [0.5, 0.6) is 5.75 Å². The van der Waals surface area contributed by atoms with Crippen molar-refractivity contribution in [3.8, 4) is 17.0 Å². The van der Waals surface area contributed by atoms with Gasteiger partial charge < -0.3 is 4.74 Å². The van der Waals surface area contributed by atoms with Crippen LogP contribution in [-0.4, -0.2) is 28.6 Å². The SMILES string of the molecule is COc1ccc(-c2nc3sccn3c2/C=N/NC(=O)c2ccc(C)cc2)cc1. The highest BCUT2D eigenvalue weighted by molar-refractivity contribution is 7.15. The van der Waals surface area contributed by atoms with Gasteiger partial charge >= 0.3 is 0 Å². The average Bonchev–Trinajstić information content (AvgIpc) is 3.31. The van der Waals surface area contributed by atoms with Crippen LogP contribution in [0.1, 0.15) is 21.6 Å². The summed E-state index contributed by atoms with van der Waals surface area (Å²) in [5, 5.41) is 6.12. The topological polar surface area (TPSA) is 68.0 Å². The highest BCUT2D eigenvalue weighted by Crippen LogP contribution is 2.27. The van der Waals surface area contributed by atoms with Crippen molar-refractivity contribution in [1.29, 1.82) is 0 Å². The van der Waals surface area contributed by atoms with Crippen molar-refractivity contribution in [1.82, 2.24) is 14.8 Å². The largest absolute Gasteiger partial charge is 0.497 e. The number of aryl methyl sites for hydroxylation is 1. The number of carbonyl (C=O) groups excluding carboxylic acids is 1. The van der Waals surface area contributed by atoms with Crippen LogP contribution in [0.4, 0.5) is 0 Å². The zero-order chi connectivity index (χ0) is 19.5. The number of nitrogens with one attached hydrogen (secondary N) is 1. The van der Waals surface area contributed by atoms with Gasteiger partial charge in [-0.3, -0.25) is 9.20 Å². The van der Waals surface area contributed by atoms with Gasteiger partial charge in [-0.1, -0.05) is 17.7 Å². The van der Waals surface area contributed by atoms with E-state index in [2.05, 4.69) is 10.5 Å². The number of ether oxygens (including phenoxy) is 1. The molecule has 7 heteroatoms. The van der Waals surface area contributed by atoms with Crippen LogP contribution in [0.3, 0.4) is 0 Å². The molecule has 0 aliphatic heterocycles. The zero-order valence-electron chi connectivity index (χ0n) is 15.4. The molecule has 6 nitrogen and oxygen atoms in total. The molecule has 28 heavy (non-hydrogen) atoms. The number of hydrogen-bond donors (Lipinski definition) is 1. The number of hydrogen-bond acceptors (Lipinski definition) is 5. The number of rotatable bonds is 5. The minimum Gasteiger partial charge on any atom is -0.497 e. The molecule has 0 aliphatic rings. The van der Waals surface area contributed by atoms with Gasteiger partial charge in [0.25, 0.3) is 5.91 Å². The van der Waals surface area contributed by atoms with Gasteiger partial charge in [0.15, 0.2) is 4.96 Å². The molecule has 4 rings (SSSR count). The van der Waals surface area contributed by atoms with E-state index in [0.717, 1.165) is 33.2 Å². The van der Waals surface area contributed by atoms with Gasteiger partial charge in [-0.25, -0.2) is 10.4 Å². The van der Waals surface area contributed by atoms with Gasteiger partial charge in [0.2, 0.25) is 0 Å². The molecule has 2 aromatic heterocycles. The Morgan fingerprint density at radius 3 is 2.64 bits per heavy atom. The summed E-state index contributed by atoms with van der Waals surface area (Å²) in [6.45, 7) is 1.98. The molecule has 2 heterocycles. The predicted molar refractivity (Wildman–Crippen MR) is 111 cm³/mol. The van der Waals surface area contributed by atoms with Gasteiger partial charge in [-0.2, -0.15) is 5.10 Å². The molecule has 0 bridgehead atoms. The van der Waals surface area contributed by atoms with Crippen molar-refractivity contribution in [2.45, 2.75) is 6.92 Å². The Bertz CT molecular complexity index is 1140. The predicted octanol–water partition coefficient (Wildman–Crippen LogP) is 4.14. The Balaban J connectivity index is 1.62. The van der Waals surface area contributed by atoms with E-state index in [1.165, 1.54) is 0 Å². The number of aromatic nitrogens is 2. The first-order chi connectivity index (χ1) is 13.7. The van der Waals surface area contributed by atoms with Crippen LogP contribution in [0, 0.1) is 6.92 Å². The maximum atomic E-state index is 12.3. The fraction of sp³-hybridized carbons (Fsp3) is 0.0952. The third-order valence-corrected chi connectivity index (χ3v) is 5.09. The summed E-state index contributed by atoms with van der Waals surface area (Å²) in [7, 11) is 1.64. The number of benzene rings is 2. The first-order valence-corrected chi connectivity index (χ1v) is 9.54. The number of amides is 1. The number of carbonyl (C=O) groups is 1. The lowest BCUT2D eigenvalue weighted by Gasteiger charge is -2.03. The van der Waals surface area contributed by atoms with Crippen LogP contribution in [0.15, 0.2) is 65.2 Å². The molecule has 140 valence electrons. The molecular formula is C21H18N4O2S. The van der Waals surface area contributed by atoms with Crippen LogP contribution in [0.2, 0.25) is 0 Å². The molecule has 1 amide bonds. The Morgan fingerprint density at radius 2 is 1.93 bits per heavy atom. The molecule has 0 aliphatic carbocycles.